The number of nitrogen functional groups attached to an aromatic ring is 1. The third-order valence-corrected chi connectivity index (χ3v) is 3.91. The van der Waals surface area contributed by atoms with Crippen molar-refractivity contribution in [1.29, 1.82) is 0 Å². The third kappa shape index (κ3) is 4.71. The largest absolute Gasteiger partial charge is 0.491 e. The topological polar surface area (TPSA) is 44.5 Å². The summed E-state index contributed by atoms with van der Waals surface area (Å²) < 4.78 is 11.6. The molecule has 0 radical (unpaired) electrons. The van der Waals surface area contributed by atoms with Crippen LogP contribution in [0.3, 0.4) is 0 Å². The summed E-state index contributed by atoms with van der Waals surface area (Å²) in [5.74, 6) is 1.56. The van der Waals surface area contributed by atoms with Crippen molar-refractivity contribution in [3.63, 3.8) is 0 Å². The second-order valence-corrected chi connectivity index (χ2v) is 6.83. The van der Waals surface area contributed by atoms with E-state index in [4.69, 9.17) is 15.2 Å². The summed E-state index contributed by atoms with van der Waals surface area (Å²) in [6.45, 7) is 8.21. The molecule has 2 N–H and O–H groups in total. The first-order chi connectivity index (χ1) is 9.44. The maximum absolute atomic E-state index is 5.98. The third-order valence-electron chi connectivity index (χ3n) is 3.91. The van der Waals surface area contributed by atoms with E-state index in [0.29, 0.717) is 24.7 Å². The summed E-state index contributed by atoms with van der Waals surface area (Å²) in [5, 5.41) is 0. The molecule has 112 valence electrons. The molecule has 1 fully saturated rings. The van der Waals surface area contributed by atoms with E-state index in [9.17, 15) is 0 Å². The van der Waals surface area contributed by atoms with Gasteiger partial charge < -0.3 is 15.2 Å². The van der Waals surface area contributed by atoms with Crippen LogP contribution in [0, 0.1) is 11.3 Å². The number of rotatable bonds is 5. The fraction of sp³-hybridized carbons (Fsp3) is 0.647. The molecule has 1 aliphatic carbocycles. The fourth-order valence-electron chi connectivity index (χ4n) is 3.36. The molecular weight excluding hydrogens is 250 g/mol. The average molecular weight is 277 g/mol. The molecule has 3 heteroatoms. The van der Waals surface area contributed by atoms with E-state index in [1.54, 1.807) is 0 Å². The molecule has 1 aromatic rings. The highest BCUT2D eigenvalue weighted by molar-refractivity contribution is 5.43. The van der Waals surface area contributed by atoms with Gasteiger partial charge in [0, 0.05) is 11.8 Å². The highest BCUT2D eigenvalue weighted by Gasteiger charge is 2.32. The van der Waals surface area contributed by atoms with Gasteiger partial charge in [-0.1, -0.05) is 26.8 Å². The van der Waals surface area contributed by atoms with Crippen LogP contribution in [0.15, 0.2) is 24.3 Å². The minimum Gasteiger partial charge on any atom is -0.491 e. The fourth-order valence-corrected chi connectivity index (χ4v) is 3.36. The second kappa shape index (κ2) is 6.49. The zero-order valence-corrected chi connectivity index (χ0v) is 12.9. The van der Waals surface area contributed by atoms with Crippen LogP contribution >= 0.6 is 0 Å². The summed E-state index contributed by atoms with van der Waals surface area (Å²) in [5.41, 5.74) is 6.84. The van der Waals surface area contributed by atoms with Gasteiger partial charge in [0.2, 0.25) is 0 Å². The van der Waals surface area contributed by atoms with Crippen LogP contribution in [0.5, 0.6) is 5.75 Å². The number of ether oxygens (including phenoxy) is 2. The standard InChI is InChI=1S/C17H27NO2/c1-13-9-16(12-17(2,3)11-13)20-8-7-19-15-6-4-5-14(18)10-15/h4-6,10,13,16H,7-9,11-12,18H2,1-3H3. The molecule has 0 spiro atoms. The number of nitrogens with two attached hydrogens (primary N) is 1. The Labute approximate surface area is 122 Å². The molecule has 0 amide bonds. The predicted molar refractivity (Wildman–Crippen MR) is 82.9 cm³/mol. The van der Waals surface area contributed by atoms with Gasteiger partial charge in [-0.25, -0.2) is 0 Å². The van der Waals surface area contributed by atoms with Gasteiger partial charge in [-0.3, -0.25) is 0 Å². The normalized spacial score (nSPS) is 25.4. The molecule has 3 nitrogen and oxygen atoms in total. The Bertz CT molecular complexity index is 431. The lowest BCUT2D eigenvalue weighted by Crippen LogP contribution is -2.33. The lowest BCUT2D eigenvalue weighted by atomic mass is 9.71. The first kappa shape index (κ1) is 15.2. The first-order valence-electron chi connectivity index (χ1n) is 7.54. The molecule has 2 unspecified atom stereocenters. The number of anilines is 1. The lowest BCUT2D eigenvalue weighted by Gasteiger charge is -2.38. The smallest absolute Gasteiger partial charge is 0.121 e. The van der Waals surface area contributed by atoms with Gasteiger partial charge in [0.1, 0.15) is 12.4 Å². The average Bonchev–Trinajstić information content (AvgIpc) is 2.32. The summed E-state index contributed by atoms with van der Waals surface area (Å²) in [7, 11) is 0. The molecular formula is C17H27NO2. The van der Waals surface area contributed by atoms with Gasteiger partial charge in [0.05, 0.1) is 12.7 Å². The van der Waals surface area contributed by atoms with Crippen LogP contribution < -0.4 is 10.5 Å². The van der Waals surface area contributed by atoms with Gasteiger partial charge in [0.25, 0.3) is 0 Å². The molecule has 0 saturated heterocycles. The minimum atomic E-state index is 0.373. The molecule has 0 aromatic heterocycles. The highest BCUT2D eigenvalue weighted by Crippen LogP contribution is 2.39. The maximum Gasteiger partial charge on any atom is 0.121 e. The number of benzene rings is 1. The molecule has 1 aromatic carbocycles. The van der Waals surface area contributed by atoms with E-state index in [1.165, 1.54) is 12.8 Å². The van der Waals surface area contributed by atoms with E-state index < -0.39 is 0 Å². The van der Waals surface area contributed by atoms with Crippen LogP contribution in [0.25, 0.3) is 0 Å². The maximum atomic E-state index is 5.98. The van der Waals surface area contributed by atoms with Gasteiger partial charge in [-0.05, 0) is 42.7 Å². The van der Waals surface area contributed by atoms with E-state index in [1.807, 2.05) is 24.3 Å². The van der Waals surface area contributed by atoms with Gasteiger partial charge >= 0.3 is 0 Å². The van der Waals surface area contributed by atoms with Gasteiger partial charge in [0.15, 0.2) is 0 Å². The van der Waals surface area contributed by atoms with Crippen molar-refractivity contribution in [2.24, 2.45) is 11.3 Å². The Morgan fingerprint density at radius 1 is 1.25 bits per heavy atom. The Morgan fingerprint density at radius 3 is 2.75 bits per heavy atom. The molecule has 0 bridgehead atoms. The predicted octanol–water partition coefficient (Wildman–Crippen LogP) is 3.88. The lowest BCUT2D eigenvalue weighted by molar-refractivity contribution is -0.0317. The Kier molecular flexibility index (Phi) is 4.92. The van der Waals surface area contributed by atoms with E-state index in [2.05, 4.69) is 20.8 Å². The minimum absolute atomic E-state index is 0.373. The van der Waals surface area contributed by atoms with Crippen molar-refractivity contribution >= 4 is 5.69 Å². The first-order valence-corrected chi connectivity index (χ1v) is 7.54. The second-order valence-electron chi connectivity index (χ2n) is 6.83. The van der Waals surface area contributed by atoms with Crippen molar-refractivity contribution in [2.45, 2.75) is 46.1 Å². The Hall–Kier alpha value is -1.22. The monoisotopic (exact) mass is 277 g/mol. The van der Waals surface area contributed by atoms with E-state index in [0.717, 1.165) is 23.8 Å². The van der Waals surface area contributed by atoms with E-state index >= 15 is 0 Å². The summed E-state index contributed by atoms with van der Waals surface area (Å²) in [6.07, 6.45) is 3.99. The van der Waals surface area contributed by atoms with Crippen LogP contribution in [0.1, 0.15) is 40.0 Å². The summed E-state index contributed by atoms with van der Waals surface area (Å²) in [4.78, 5) is 0. The molecule has 2 atom stereocenters. The molecule has 2 rings (SSSR count). The molecule has 1 aliphatic rings. The molecule has 0 aliphatic heterocycles. The van der Waals surface area contributed by atoms with Gasteiger partial charge in [-0.15, -0.1) is 0 Å². The highest BCUT2D eigenvalue weighted by atomic mass is 16.5. The Balaban J connectivity index is 1.71. The van der Waals surface area contributed by atoms with E-state index in [-0.39, 0.29) is 0 Å². The molecule has 0 heterocycles. The van der Waals surface area contributed by atoms with Crippen LogP contribution in [0.2, 0.25) is 0 Å². The van der Waals surface area contributed by atoms with Crippen molar-refractivity contribution < 1.29 is 9.47 Å². The SMILES string of the molecule is CC1CC(OCCOc2cccc(N)c2)CC(C)(C)C1. The van der Waals surface area contributed by atoms with Crippen molar-refractivity contribution in [3.05, 3.63) is 24.3 Å². The van der Waals surface area contributed by atoms with Crippen LogP contribution in [0.4, 0.5) is 5.69 Å². The Morgan fingerprint density at radius 2 is 2.05 bits per heavy atom. The van der Waals surface area contributed by atoms with Crippen LogP contribution in [-0.2, 0) is 4.74 Å². The van der Waals surface area contributed by atoms with Crippen molar-refractivity contribution in [1.82, 2.24) is 0 Å². The van der Waals surface area contributed by atoms with Crippen molar-refractivity contribution in [3.8, 4) is 5.75 Å². The van der Waals surface area contributed by atoms with Crippen LogP contribution in [-0.4, -0.2) is 19.3 Å². The number of hydrogen-bond acceptors (Lipinski definition) is 3. The van der Waals surface area contributed by atoms with Crippen molar-refractivity contribution in [2.75, 3.05) is 18.9 Å². The zero-order chi connectivity index (χ0) is 14.6. The summed E-state index contributed by atoms with van der Waals surface area (Å²) >= 11 is 0. The van der Waals surface area contributed by atoms with Gasteiger partial charge in [-0.2, -0.15) is 0 Å². The number of hydrogen-bond donors (Lipinski definition) is 1. The molecule has 1 saturated carbocycles. The summed E-state index contributed by atoms with van der Waals surface area (Å²) in [6, 6.07) is 7.51. The quantitative estimate of drug-likeness (QED) is 0.656. The molecule has 20 heavy (non-hydrogen) atoms. The zero-order valence-electron chi connectivity index (χ0n) is 12.9.